The summed E-state index contributed by atoms with van der Waals surface area (Å²) in [5.41, 5.74) is 2.21. The van der Waals surface area contributed by atoms with Gasteiger partial charge in [-0.1, -0.05) is 12.1 Å². The van der Waals surface area contributed by atoms with E-state index in [1.165, 1.54) is 0 Å². The fraction of sp³-hybridized carbons (Fsp3) is 0.500. The van der Waals surface area contributed by atoms with Crippen molar-refractivity contribution in [3.63, 3.8) is 0 Å². The van der Waals surface area contributed by atoms with Crippen LogP contribution < -0.4 is 4.90 Å². The molecule has 0 aromatic heterocycles. The van der Waals surface area contributed by atoms with E-state index in [1.807, 2.05) is 26.2 Å². The van der Waals surface area contributed by atoms with E-state index in [0.717, 1.165) is 24.3 Å². The van der Waals surface area contributed by atoms with Crippen LogP contribution in [0.2, 0.25) is 0 Å². The highest BCUT2D eigenvalue weighted by atomic mass is 16.5. The molecule has 18 heavy (non-hydrogen) atoms. The Morgan fingerprint density at radius 2 is 1.83 bits per heavy atom. The highest BCUT2D eigenvalue weighted by Gasteiger charge is 2.22. The van der Waals surface area contributed by atoms with Gasteiger partial charge < -0.3 is 9.64 Å². The normalized spacial score (nSPS) is 18.1. The van der Waals surface area contributed by atoms with E-state index in [9.17, 15) is 5.26 Å². The Morgan fingerprint density at radius 3 is 2.33 bits per heavy atom. The van der Waals surface area contributed by atoms with E-state index < -0.39 is 0 Å². The van der Waals surface area contributed by atoms with Crippen molar-refractivity contribution in [2.45, 2.75) is 6.04 Å². The first-order valence-corrected chi connectivity index (χ1v) is 6.21. The van der Waals surface area contributed by atoms with Crippen LogP contribution in [0.3, 0.4) is 0 Å². The molecule has 1 saturated heterocycles. The summed E-state index contributed by atoms with van der Waals surface area (Å²) in [4.78, 5) is 4.23. The predicted molar refractivity (Wildman–Crippen MR) is 71.5 cm³/mol. The average Bonchev–Trinajstić information content (AvgIpc) is 2.41. The molecule has 0 bridgehead atoms. The number of anilines is 1. The van der Waals surface area contributed by atoms with Crippen molar-refractivity contribution in [3.05, 3.63) is 29.8 Å². The number of ether oxygens (including phenoxy) is 1. The molecule has 0 radical (unpaired) electrons. The number of hydrogen-bond donors (Lipinski definition) is 0. The van der Waals surface area contributed by atoms with Crippen LogP contribution in [0.4, 0.5) is 5.69 Å². The lowest BCUT2D eigenvalue weighted by Crippen LogP contribution is -2.38. The van der Waals surface area contributed by atoms with Crippen LogP contribution in [0.25, 0.3) is 0 Å². The van der Waals surface area contributed by atoms with E-state index in [4.69, 9.17) is 4.74 Å². The standard InChI is InChI=1S/C14H19N3O/c1-16(2)13-5-3-12(4-6-13)14(11-15)17-7-9-18-10-8-17/h3-6,14H,7-10H2,1-2H3/t14-/m1/s1. The van der Waals surface area contributed by atoms with Crippen LogP contribution in [-0.4, -0.2) is 45.3 Å². The number of nitriles is 1. The molecule has 0 amide bonds. The maximum Gasteiger partial charge on any atom is 0.124 e. The fourth-order valence-electron chi connectivity index (χ4n) is 2.16. The minimum absolute atomic E-state index is 0.162. The van der Waals surface area contributed by atoms with Gasteiger partial charge in [-0.25, -0.2) is 0 Å². The van der Waals surface area contributed by atoms with Gasteiger partial charge in [0.2, 0.25) is 0 Å². The molecule has 0 unspecified atom stereocenters. The average molecular weight is 245 g/mol. The summed E-state index contributed by atoms with van der Waals surface area (Å²) in [5.74, 6) is 0. The number of benzene rings is 1. The first kappa shape index (κ1) is 12.9. The molecular formula is C14H19N3O. The zero-order valence-corrected chi connectivity index (χ0v) is 11.0. The minimum Gasteiger partial charge on any atom is -0.379 e. The molecule has 0 saturated carbocycles. The Kier molecular flexibility index (Phi) is 4.19. The van der Waals surface area contributed by atoms with Crippen molar-refractivity contribution in [2.75, 3.05) is 45.3 Å². The Bertz CT molecular complexity index is 416. The maximum absolute atomic E-state index is 9.37. The van der Waals surface area contributed by atoms with Gasteiger partial charge in [-0.05, 0) is 17.7 Å². The zero-order chi connectivity index (χ0) is 13.0. The lowest BCUT2D eigenvalue weighted by atomic mass is 10.1. The number of rotatable bonds is 3. The summed E-state index contributed by atoms with van der Waals surface area (Å²) in [6, 6.07) is 10.4. The Morgan fingerprint density at radius 1 is 1.22 bits per heavy atom. The van der Waals surface area contributed by atoms with Crippen molar-refractivity contribution in [1.29, 1.82) is 5.26 Å². The van der Waals surface area contributed by atoms with Gasteiger partial charge in [0.25, 0.3) is 0 Å². The van der Waals surface area contributed by atoms with Crippen LogP contribution in [0.1, 0.15) is 11.6 Å². The number of hydrogen-bond acceptors (Lipinski definition) is 4. The van der Waals surface area contributed by atoms with E-state index >= 15 is 0 Å². The summed E-state index contributed by atoms with van der Waals surface area (Å²) in [5, 5.41) is 9.37. The Balaban J connectivity index is 2.14. The second-order valence-corrected chi connectivity index (χ2v) is 4.67. The second-order valence-electron chi connectivity index (χ2n) is 4.67. The molecule has 0 N–H and O–H groups in total. The molecule has 96 valence electrons. The summed E-state index contributed by atoms with van der Waals surface area (Å²) in [7, 11) is 4.03. The Labute approximate surface area is 108 Å². The number of nitrogens with zero attached hydrogens (tertiary/aromatic N) is 3. The molecule has 1 heterocycles. The molecule has 0 spiro atoms. The van der Waals surface area contributed by atoms with Gasteiger partial charge in [0.1, 0.15) is 6.04 Å². The van der Waals surface area contributed by atoms with E-state index in [0.29, 0.717) is 13.2 Å². The third-order valence-corrected chi connectivity index (χ3v) is 3.26. The SMILES string of the molecule is CN(C)c1ccc([C@@H](C#N)N2CCOCC2)cc1. The zero-order valence-electron chi connectivity index (χ0n) is 11.0. The van der Waals surface area contributed by atoms with E-state index in [1.54, 1.807) is 0 Å². The van der Waals surface area contributed by atoms with Gasteiger partial charge in [-0.3, -0.25) is 4.90 Å². The smallest absolute Gasteiger partial charge is 0.124 e. The van der Waals surface area contributed by atoms with Gasteiger partial charge in [-0.2, -0.15) is 5.26 Å². The molecule has 0 aliphatic carbocycles. The summed E-state index contributed by atoms with van der Waals surface area (Å²) >= 11 is 0. The summed E-state index contributed by atoms with van der Waals surface area (Å²) in [6.45, 7) is 3.09. The van der Waals surface area contributed by atoms with Crippen molar-refractivity contribution < 1.29 is 4.74 Å². The second kappa shape index (κ2) is 5.85. The monoisotopic (exact) mass is 245 g/mol. The molecule has 1 aromatic rings. The maximum atomic E-state index is 9.37. The largest absolute Gasteiger partial charge is 0.379 e. The van der Waals surface area contributed by atoms with Crippen molar-refractivity contribution in [1.82, 2.24) is 4.90 Å². The molecule has 2 rings (SSSR count). The van der Waals surface area contributed by atoms with Crippen LogP contribution >= 0.6 is 0 Å². The highest BCUT2D eigenvalue weighted by molar-refractivity contribution is 5.47. The van der Waals surface area contributed by atoms with Gasteiger partial charge in [0.05, 0.1) is 19.3 Å². The Hall–Kier alpha value is -1.57. The molecule has 1 aromatic carbocycles. The van der Waals surface area contributed by atoms with Crippen molar-refractivity contribution >= 4 is 5.69 Å². The van der Waals surface area contributed by atoms with Crippen LogP contribution in [0, 0.1) is 11.3 Å². The van der Waals surface area contributed by atoms with E-state index in [2.05, 4.69) is 28.0 Å². The lowest BCUT2D eigenvalue weighted by molar-refractivity contribution is 0.0266. The van der Waals surface area contributed by atoms with Crippen molar-refractivity contribution in [3.8, 4) is 6.07 Å². The third-order valence-electron chi connectivity index (χ3n) is 3.26. The topological polar surface area (TPSA) is 39.5 Å². The lowest BCUT2D eigenvalue weighted by Gasteiger charge is -2.30. The summed E-state index contributed by atoms with van der Waals surface area (Å²) in [6.07, 6.45) is 0. The molecule has 1 atom stereocenters. The molecule has 1 fully saturated rings. The number of morpholine rings is 1. The molecule has 4 nitrogen and oxygen atoms in total. The van der Waals surface area contributed by atoms with Crippen LogP contribution in [0.5, 0.6) is 0 Å². The molecule has 1 aliphatic heterocycles. The first-order chi connectivity index (χ1) is 8.72. The fourth-order valence-corrected chi connectivity index (χ4v) is 2.16. The van der Waals surface area contributed by atoms with Crippen molar-refractivity contribution in [2.24, 2.45) is 0 Å². The predicted octanol–water partition coefficient (Wildman–Crippen LogP) is 1.65. The van der Waals surface area contributed by atoms with E-state index in [-0.39, 0.29) is 6.04 Å². The molecular weight excluding hydrogens is 226 g/mol. The van der Waals surface area contributed by atoms with Crippen LogP contribution in [0.15, 0.2) is 24.3 Å². The van der Waals surface area contributed by atoms with Gasteiger partial charge in [-0.15, -0.1) is 0 Å². The molecule has 4 heteroatoms. The minimum atomic E-state index is -0.162. The summed E-state index contributed by atoms with van der Waals surface area (Å²) < 4.78 is 5.32. The van der Waals surface area contributed by atoms with Crippen LogP contribution in [-0.2, 0) is 4.74 Å². The van der Waals surface area contributed by atoms with Gasteiger partial charge in [0.15, 0.2) is 0 Å². The molecule has 1 aliphatic rings. The van der Waals surface area contributed by atoms with Gasteiger partial charge >= 0.3 is 0 Å². The highest BCUT2D eigenvalue weighted by Crippen LogP contribution is 2.23. The first-order valence-electron chi connectivity index (χ1n) is 6.21. The van der Waals surface area contributed by atoms with Gasteiger partial charge in [0, 0.05) is 32.9 Å². The quantitative estimate of drug-likeness (QED) is 0.811. The third kappa shape index (κ3) is 2.81.